The minimum atomic E-state index is -5.02. The molecule has 4 atom stereocenters. The summed E-state index contributed by atoms with van der Waals surface area (Å²) < 4.78 is 71.6. The van der Waals surface area contributed by atoms with E-state index in [4.69, 9.17) is 4.74 Å². The normalized spacial score (nSPS) is 32.6. The second-order valence-corrected chi connectivity index (χ2v) is 10.1. The number of ether oxygens (including phenoxy) is 1. The fourth-order valence-corrected chi connectivity index (χ4v) is 6.59. The van der Waals surface area contributed by atoms with Crippen LogP contribution in [-0.4, -0.2) is 5.97 Å². The number of fused-ring (bicyclic) bond motifs is 1. The molecule has 0 amide bonds. The lowest BCUT2D eigenvalue weighted by Crippen LogP contribution is -2.40. The maximum Gasteiger partial charge on any atom is 0.419 e. The summed E-state index contributed by atoms with van der Waals surface area (Å²) in [4.78, 5) is 12.9. The van der Waals surface area contributed by atoms with Crippen molar-refractivity contribution in [3.05, 3.63) is 42.0 Å². The van der Waals surface area contributed by atoms with E-state index in [2.05, 4.69) is 12.7 Å². The van der Waals surface area contributed by atoms with Crippen LogP contribution in [0.15, 0.2) is 24.8 Å². The van der Waals surface area contributed by atoms with Crippen LogP contribution in [0.2, 0.25) is 0 Å². The zero-order valence-corrected chi connectivity index (χ0v) is 18.7. The van der Waals surface area contributed by atoms with Gasteiger partial charge in [0.2, 0.25) is 5.82 Å². The monoisotopic (exact) mass is 470 g/mol. The van der Waals surface area contributed by atoms with Gasteiger partial charge in [0.15, 0.2) is 11.6 Å². The van der Waals surface area contributed by atoms with Gasteiger partial charge in [-0.15, -0.1) is 6.58 Å². The predicted molar refractivity (Wildman–Crippen MR) is 114 cm³/mol. The van der Waals surface area contributed by atoms with Crippen LogP contribution in [0.1, 0.15) is 69.8 Å². The van der Waals surface area contributed by atoms with Crippen LogP contribution in [0, 0.1) is 47.1 Å². The molecule has 1 aromatic rings. The van der Waals surface area contributed by atoms with E-state index in [0.29, 0.717) is 36.3 Å². The van der Waals surface area contributed by atoms with Crippen molar-refractivity contribution in [2.75, 3.05) is 0 Å². The molecule has 0 heterocycles. The summed E-state index contributed by atoms with van der Waals surface area (Å²) in [6, 6.07) is 1.10. The molecule has 0 N–H and O–H groups in total. The highest BCUT2D eigenvalue weighted by atomic mass is 19.4. The minimum absolute atomic E-state index is 0.134. The number of esters is 1. The summed E-state index contributed by atoms with van der Waals surface area (Å²) in [5.74, 6) is -3.13. The molecule has 7 heteroatoms. The quantitative estimate of drug-likeness (QED) is 0.195. The minimum Gasteiger partial charge on any atom is -0.423 e. The molecule has 2 nitrogen and oxygen atoms in total. The van der Waals surface area contributed by atoms with Crippen molar-refractivity contribution in [3.63, 3.8) is 0 Å². The SMILES string of the molecule is C=CC1CCC(C2CCC3C(CCCC3C(=O)Oc3ccc(C(F)(F)F)c(F)c3F)C2)CC1. The number of alkyl halides is 3. The van der Waals surface area contributed by atoms with Gasteiger partial charge in [0.1, 0.15) is 0 Å². The molecule has 4 unspecified atom stereocenters. The Morgan fingerprint density at radius 3 is 2.27 bits per heavy atom. The fraction of sp³-hybridized carbons (Fsp3) is 0.654. The Morgan fingerprint density at radius 2 is 1.61 bits per heavy atom. The van der Waals surface area contributed by atoms with Crippen molar-refractivity contribution in [1.82, 2.24) is 0 Å². The van der Waals surface area contributed by atoms with Gasteiger partial charge >= 0.3 is 12.1 Å². The standard InChI is InChI=1S/C26H31F5O2/c1-2-15-6-8-16(9-7-15)17-10-11-19-18(14-17)4-3-5-20(19)25(32)33-22-13-12-21(26(29,30)31)23(27)24(22)28/h2,12-13,15-20H,1,3-11,14H2. The zero-order chi connectivity index (χ0) is 23.8. The summed E-state index contributed by atoms with van der Waals surface area (Å²) >= 11 is 0. The van der Waals surface area contributed by atoms with Crippen molar-refractivity contribution in [2.45, 2.75) is 70.4 Å². The molecule has 0 spiro atoms. The van der Waals surface area contributed by atoms with Crippen LogP contribution < -0.4 is 4.74 Å². The van der Waals surface area contributed by atoms with Gasteiger partial charge in [0.05, 0.1) is 11.5 Å². The molecule has 182 valence electrons. The van der Waals surface area contributed by atoms with E-state index in [9.17, 15) is 26.7 Å². The molecule has 3 fully saturated rings. The highest BCUT2D eigenvalue weighted by Crippen LogP contribution is 2.50. The Hall–Kier alpha value is -1.92. The predicted octanol–water partition coefficient (Wildman–Crippen LogP) is 7.71. The van der Waals surface area contributed by atoms with Gasteiger partial charge in [0, 0.05) is 0 Å². The summed E-state index contributed by atoms with van der Waals surface area (Å²) in [6.45, 7) is 3.92. The molecular weight excluding hydrogens is 439 g/mol. The Morgan fingerprint density at radius 1 is 0.909 bits per heavy atom. The fourth-order valence-electron chi connectivity index (χ4n) is 6.59. The maximum atomic E-state index is 14.2. The number of hydrogen-bond donors (Lipinski definition) is 0. The van der Waals surface area contributed by atoms with Gasteiger partial charge in [-0.25, -0.2) is 4.39 Å². The first kappa shape index (κ1) is 24.2. The summed E-state index contributed by atoms with van der Waals surface area (Å²) in [6.07, 6.45) is 7.46. The van der Waals surface area contributed by atoms with E-state index in [1.54, 1.807) is 0 Å². The van der Waals surface area contributed by atoms with Crippen LogP contribution in [0.25, 0.3) is 0 Å². The highest BCUT2D eigenvalue weighted by molar-refractivity contribution is 5.75. The van der Waals surface area contributed by atoms with Gasteiger partial charge in [0.25, 0.3) is 0 Å². The molecule has 1 aromatic carbocycles. The van der Waals surface area contributed by atoms with Gasteiger partial charge in [-0.1, -0.05) is 18.9 Å². The maximum absolute atomic E-state index is 14.2. The van der Waals surface area contributed by atoms with Crippen LogP contribution in [0.3, 0.4) is 0 Å². The Balaban J connectivity index is 1.40. The third-order valence-electron chi connectivity index (χ3n) is 8.37. The summed E-state index contributed by atoms with van der Waals surface area (Å²) in [7, 11) is 0. The highest BCUT2D eigenvalue weighted by Gasteiger charge is 2.44. The number of carbonyl (C=O) groups excluding carboxylic acids is 1. The van der Waals surface area contributed by atoms with Gasteiger partial charge in [-0.05, 0) is 93.1 Å². The topological polar surface area (TPSA) is 26.3 Å². The summed E-state index contributed by atoms with van der Waals surface area (Å²) in [5, 5.41) is 0. The van der Waals surface area contributed by atoms with Crippen LogP contribution in [-0.2, 0) is 11.0 Å². The first-order valence-corrected chi connectivity index (χ1v) is 12.1. The van der Waals surface area contributed by atoms with Crippen molar-refractivity contribution < 1.29 is 31.5 Å². The molecule has 33 heavy (non-hydrogen) atoms. The van der Waals surface area contributed by atoms with Crippen molar-refractivity contribution in [3.8, 4) is 5.75 Å². The molecule has 0 bridgehead atoms. The molecule has 0 aliphatic heterocycles. The van der Waals surface area contributed by atoms with E-state index >= 15 is 0 Å². The Bertz CT molecular complexity index is 872. The molecule has 0 aromatic heterocycles. The van der Waals surface area contributed by atoms with E-state index in [-0.39, 0.29) is 5.92 Å². The van der Waals surface area contributed by atoms with E-state index < -0.39 is 41.0 Å². The van der Waals surface area contributed by atoms with Gasteiger partial charge in [-0.3, -0.25) is 4.79 Å². The van der Waals surface area contributed by atoms with Crippen LogP contribution in [0.4, 0.5) is 22.0 Å². The zero-order valence-electron chi connectivity index (χ0n) is 18.7. The average Bonchev–Trinajstić information content (AvgIpc) is 2.80. The van der Waals surface area contributed by atoms with Crippen LogP contribution in [0.5, 0.6) is 5.75 Å². The third-order valence-corrected chi connectivity index (χ3v) is 8.37. The summed E-state index contributed by atoms with van der Waals surface area (Å²) in [5.41, 5.74) is -1.71. The Labute approximate surface area is 191 Å². The number of halogens is 5. The molecule has 4 rings (SSSR count). The van der Waals surface area contributed by atoms with E-state index in [1.165, 1.54) is 25.7 Å². The number of carbonyl (C=O) groups is 1. The molecule has 0 radical (unpaired) electrons. The number of rotatable bonds is 4. The smallest absolute Gasteiger partial charge is 0.419 e. The van der Waals surface area contributed by atoms with E-state index in [1.807, 2.05) is 0 Å². The Kier molecular flexibility index (Phi) is 7.15. The second kappa shape index (κ2) is 9.75. The lowest BCUT2D eigenvalue weighted by molar-refractivity contribution is -0.144. The van der Waals surface area contributed by atoms with E-state index in [0.717, 1.165) is 38.0 Å². The largest absolute Gasteiger partial charge is 0.423 e. The van der Waals surface area contributed by atoms with Gasteiger partial charge < -0.3 is 4.74 Å². The van der Waals surface area contributed by atoms with Gasteiger partial charge in [-0.2, -0.15) is 17.6 Å². The molecule has 3 aliphatic carbocycles. The number of allylic oxidation sites excluding steroid dienone is 1. The molecule has 0 saturated heterocycles. The van der Waals surface area contributed by atoms with Crippen molar-refractivity contribution >= 4 is 5.97 Å². The van der Waals surface area contributed by atoms with Crippen molar-refractivity contribution in [2.24, 2.45) is 35.5 Å². The lowest BCUT2D eigenvalue weighted by atomic mass is 9.59. The first-order valence-electron chi connectivity index (χ1n) is 12.1. The number of hydrogen-bond acceptors (Lipinski definition) is 2. The van der Waals surface area contributed by atoms with Crippen LogP contribution >= 0.6 is 0 Å². The molecular formula is C26H31F5O2. The third kappa shape index (κ3) is 5.12. The average molecular weight is 471 g/mol. The molecule has 3 saturated carbocycles. The van der Waals surface area contributed by atoms with Crippen molar-refractivity contribution in [1.29, 1.82) is 0 Å². The number of benzene rings is 1. The first-order chi connectivity index (χ1) is 15.7. The molecule has 3 aliphatic rings. The second-order valence-electron chi connectivity index (χ2n) is 10.1. The lowest BCUT2D eigenvalue weighted by Gasteiger charge is -2.45.